The molecule has 3 aromatic heterocycles. The average molecular weight is 541 g/mol. The van der Waals surface area contributed by atoms with Crippen LogP contribution in [0.2, 0.25) is 0 Å². The summed E-state index contributed by atoms with van der Waals surface area (Å²) in [7, 11) is -1.84. The van der Waals surface area contributed by atoms with E-state index in [1.165, 1.54) is 4.31 Å². The zero-order chi connectivity index (χ0) is 26.3. The maximum Gasteiger partial charge on any atom is 0.221 e. The van der Waals surface area contributed by atoms with Crippen LogP contribution < -0.4 is 9.64 Å². The van der Waals surface area contributed by atoms with E-state index in [-0.39, 0.29) is 36.3 Å². The monoisotopic (exact) mass is 540 g/mol. The first-order valence-electron chi connectivity index (χ1n) is 13.2. The minimum atomic E-state index is -3.42. The fourth-order valence-electron chi connectivity index (χ4n) is 5.76. The molecule has 0 unspecified atom stereocenters. The molecule has 3 fully saturated rings. The van der Waals surface area contributed by atoms with Crippen molar-refractivity contribution >= 4 is 32.8 Å². The van der Waals surface area contributed by atoms with E-state index in [1.54, 1.807) is 13.2 Å². The normalized spacial score (nSPS) is 24.8. The molecular weight excluding hydrogens is 508 g/mol. The van der Waals surface area contributed by atoms with Crippen molar-refractivity contribution in [3.05, 3.63) is 30.5 Å². The standard InChI is InChI=1S/C26H32N6O5S/c1-36-24-9-7-22-26(29-24)30-25(28-22)17-2-8-23(27-14-17)31-12-10-21(11-13-31)37-20-5-3-18(4-6-20)32-15-19(33)16-38(32,34)35/h2,7-9,14,18,20-21H,3-6,10-13,15-16H2,1H3,(H,28,29,30). The molecule has 2 saturated heterocycles. The number of aromatic amines is 1. The van der Waals surface area contributed by atoms with Crippen LogP contribution in [0.3, 0.4) is 0 Å². The Morgan fingerprint density at radius 2 is 1.74 bits per heavy atom. The summed E-state index contributed by atoms with van der Waals surface area (Å²) in [6, 6.07) is 7.68. The number of piperidine rings is 1. The minimum absolute atomic E-state index is 0.0384. The maximum atomic E-state index is 12.2. The number of hydrogen-bond acceptors (Lipinski definition) is 9. The molecule has 0 bridgehead atoms. The Labute approximate surface area is 221 Å². The van der Waals surface area contributed by atoms with Crippen molar-refractivity contribution in [1.82, 2.24) is 24.2 Å². The molecule has 38 heavy (non-hydrogen) atoms. The Morgan fingerprint density at radius 1 is 0.974 bits per heavy atom. The third-order valence-corrected chi connectivity index (χ3v) is 9.61. The molecule has 12 heteroatoms. The summed E-state index contributed by atoms with van der Waals surface area (Å²) in [4.78, 5) is 30.8. The van der Waals surface area contributed by atoms with E-state index >= 15 is 0 Å². The summed E-state index contributed by atoms with van der Waals surface area (Å²) in [6.45, 7) is 1.78. The van der Waals surface area contributed by atoms with E-state index in [0.717, 1.165) is 74.3 Å². The number of nitrogens with zero attached hydrogens (tertiary/aromatic N) is 5. The number of sulfonamides is 1. The van der Waals surface area contributed by atoms with E-state index in [9.17, 15) is 13.2 Å². The highest BCUT2D eigenvalue weighted by Crippen LogP contribution is 2.31. The molecule has 1 saturated carbocycles. The minimum Gasteiger partial charge on any atom is -0.481 e. The molecule has 0 atom stereocenters. The number of aromatic nitrogens is 4. The van der Waals surface area contributed by atoms with Gasteiger partial charge < -0.3 is 19.4 Å². The number of carbonyl (C=O) groups is 1. The van der Waals surface area contributed by atoms with Crippen LogP contribution in [-0.2, 0) is 19.6 Å². The van der Waals surface area contributed by atoms with E-state index in [0.29, 0.717) is 11.5 Å². The highest BCUT2D eigenvalue weighted by Gasteiger charge is 2.41. The van der Waals surface area contributed by atoms with Crippen molar-refractivity contribution in [2.75, 3.05) is 37.4 Å². The van der Waals surface area contributed by atoms with Gasteiger partial charge in [0.05, 0.1) is 31.4 Å². The Kier molecular flexibility index (Phi) is 6.79. The molecule has 0 radical (unpaired) electrons. The number of nitrogens with one attached hydrogen (secondary N) is 1. The largest absolute Gasteiger partial charge is 0.481 e. The number of methoxy groups -OCH3 is 1. The van der Waals surface area contributed by atoms with Gasteiger partial charge in [0.1, 0.15) is 17.4 Å². The number of carbonyl (C=O) groups excluding carboxylic acids is 1. The first-order valence-corrected chi connectivity index (χ1v) is 14.8. The summed E-state index contributed by atoms with van der Waals surface area (Å²) >= 11 is 0. The average Bonchev–Trinajstić information content (AvgIpc) is 3.48. The van der Waals surface area contributed by atoms with Crippen molar-refractivity contribution in [2.24, 2.45) is 0 Å². The van der Waals surface area contributed by atoms with Crippen LogP contribution >= 0.6 is 0 Å². The lowest BCUT2D eigenvalue weighted by atomic mass is 9.92. The van der Waals surface area contributed by atoms with E-state index in [2.05, 4.69) is 24.8 Å². The van der Waals surface area contributed by atoms with Crippen LogP contribution in [0.1, 0.15) is 38.5 Å². The van der Waals surface area contributed by atoms with Gasteiger partial charge in [-0.2, -0.15) is 9.29 Å². The molecule has 3 aliphatic rings. The highest BCUT2D eigenvalue weighted by atomic mass is 32.2. The molecule has 202 valence electrons. The molecule has 0 amide bonds. The van der Waals surface area contributed by atoms with Crippen LogP contribution in [-0.4, -0.2) is 89.2 Å². The van der Waals surface area contributed by atoms with Crippen molar-refractivity contribution in [1.29, 1.82) is 0 Å². The van der Waals surface area contributed by atoms with Gasteiger partial charge >= 0.3 is 0 Å². The SMILES string of the molecule is COc1ccc2[nH]c(-c3ccc(N4CCC(OC5CCC(N6CC(=O)CS6(=O)=O)CC5)CC4)nc3)nc2n1. The topological polar surface area (TPSA) is 131 Å². The first kappa shape index (κ1) is 25.2. The molecule has 6 rings (SSSR count). The van der Waals surface area contributed by atoms with Crippen molar-refractivity contribution in [3.8, 4) is 17.3 Å². The van der Waals surface area contributed by atoms with Crippen molar-refractivity contribution in [3.63, 3.8) is 0 Å². The highest BCUT2D eigenvalue weighted by molar-refractivity contribution is 7.90. The smallest absolute Gasteiger partial charge is 0.221 e. The van der Waals surface area contributed by atoms with Gasteiger partial charge in [0, 0.05) is 37.0 Å². The van der Waals surface area contributed by atoms with Gasteiger partial charge in [0.25, 0.3) is 0 Å². The fraction of sp³-hybridized carbons (Fsp3) is 0.538. The predicted molar refractivity (Wildman–Crippen MR) is 142 cm³/mol. The second-order valence-electron chi connectivity index (χ2n) is 10.3. The number of ether oxygens (including phenoxy) is 2. The molecular formula is C26H32N6O5S. The second-order valence-corrected chi connectivity index (χ2v) is 12.2. The second kappa shape index (κ2) is 10.2. The van der Waals surface area contributed by atoms with E-state index in [1.807, 2.05) is 24.4 Å². The summed E-state index contributed by atoms with van der Waals surface area (Å²) in [5, 5.41) is 0. The van der Waals surface area contributed by atoms with Gasteiger partial charge in [0.2, 0.25) is 15.9 Å². The van der Waals surface area contributed by atoms with Crippen LogP contribution in [0.5, 0.6) is 5.88 Å². The van der Waals surface area contributed by atoms with Crippen LogP contribution in [0.4, 0.5) is 5.82 Å². The third-order valence-electron chi connectivity index (χ3n) is 7.79. The van der Waals surface area contributed by atoms with Gasteiger partial charge in [0.15, 0.2) is 11.4 Å². The lowest BCUT2D eigenvalue weighted by Gasteiger charge is -2.37. The van der Waals surface area contributed by atoms with Gasteiger partial charge in [-0.1, -0.05) is 0 Å². The fourth-order valence-corrected chi connectivity index (χ4v) is 7.43. The maximum absolute atomic E-state index is 12.2. The van der Waals surface area contributed by atoms with Crippen molar-refractivity contribution in [2.45, 2.75) is 56.8 Å². The summed E-state index contributed by atoms with van der Waals surface area (Å²) < 4.78 is 37.5. The molecule has 1 aliphatic carbocycles. The molecule has 0 aromatic carbocycles. The number of anilines is 1. The summed E-state index contributed by atoms with van der Waals surface area (Å²) in [6.07, 6.45) is 7.20. The number of Topliss-reactive ketones (excluding diaryl/α,β-unsaturated/α-hetero) is 1. The van der Waals surface area contributed by atoms with Crippen LogP contribution in [0.15, 0.2) is 30.5 Å². The molecule has 3 aromatic rings. The Morgan fingerprint density at radius 3 is 2.39 bits per heavy atom. The van der Waals surface area contributed by atoms with Gasteiger partial charge in [-0.25, -0.2) is 18.4 Å². The zero-order valence-corrected chi connectivity index (χ0v) is 22.2. The Bertz CT molecular complexity index is 1410. The number of imidazole rings is 1. The number of pyridine rings is 2. The number of hydrogen-bond donors (Lipinski definition) is 1. The Hall–Kier alpha value is -3.09. The number of ketones is 1. The summed E-state index contributed by atoms with van der Waals surface area (Å²) in [5.74, 6) is 1.64. The lowest BCUT2D eigenvalue weighted by molar-refractivity contribution is -0.116. The van der Waals surface area contributed by atoms with Crippen LogP contribution in [0, 0.1) is 0 Å². The lowest BCUT2D eigenvalue weighted by Crippen LogP contribution is -2.43. The molecule has 1 N–H and O–H groups in total. The first-order chi connectivity index (χ1) is 18.4. The molecule has 11 nitrogen and oxygen atoms in total. The van der Waals surface area contributed by atoms with E-state index < -0.39 is 10.0 Å². The summed E-state index contributed by atoms with van der Waals surface area (Å²) in [5.41, 5.74) is 2.34. The Balaban J connectivity index is 0.994. The number of fused-ring (bicyclic) bond motifs is 1. The predicted octanol–water partition coefficient (Wildman–Crippen LogP) is 2.54. The number of H-pyrrole nitrogens is 1. The molecule has 2 aliphatic heterocycles. The van der Waals surface area contributed by atoms with Crippen LogP contribution in [0.25, 0.3) is 22.6 Å². The molecule has 0 spiro atoms. The van der Waals surface area contributed by atoms with Gasteiger partial charge in [-0.05, 0) is 56.7 Å². The van der Waals surface area contributed by atoms with E-state index in [4.69, 9.17) is 9.47 Å². The van der Waals surface area contributed by atoms with Gasteiger partial charge in [-0.3, -0.25) is 4.79 Å². The number of rotatable bonds is 6. The molecule has 5 heterocycles. The quantitative estimate of drug-likeness (QED) is 0.501. The third kappa shape index (κ3) is 5.12. The van der Waals surface area contributed by atoms with Gasteiger partial charge in [-0.15, -0.1) is 0 Å². The zero-order valence-electron chi connectivity index (χ0n) is 21.4. The van der Waals surface area contributed by atoms with Crippen molar-refractivity contribution < 1.29 is 22.7 Å².